The number of benzene rings is 1. The fourth-order valence-electron chi connectivity index (χ4n) is 5.85. The molecule has 4 atom stereocenters. The van der Waals surface area contributed by atoms with Gasteiger partial charge in [0, 0.05) is 37.9 Å². The number of amides is 2. The molecule has 0 radical (unpaired) electrons. The quantitative estimate of drug-likeness (QED) is 0.601. The van der Waals surface area contributed by atoms with E-state index in [4.69, 9.17) is 9.47 Å². The van der Waals surface area contributed by atoms with Crippen molar-refractivity contribution in [3.63, 3.8) is 0 Å². The number of ether oxygens (including phenoxy) is 2. The van der Waals surface area contributed by atoms with Crippen LogP contribution in [0.15, 0.2) is 18.2 Å². The van der Waals surface area contributed by atoms with Crippen LogP contribution in [0.3, 0.4) is 0 Å². The number of hydrogen-bond donors (Lipinski definition) is 1. The largest absolute Gasteiger partial charge is 0.487 e. The highest BCUT2D eigenvalue weighted by atomic mass is 16.5. The minimum Gasteiger partial charge on any atom is -0.487 e. The van der Waals surface area contributed by atoms with E-state index in [9.17, 15) is 9.59 Å². The molecule has 2 amide bonds. The second-order valence-corrected chi connectivity index (χ2v) is 11.9. The molecule has 3 heterocycles. The van der Waals surface area contributed by atoms with E-state index >= 15 is 0 Å². The molecular formula is C28H42N2O4. The number of nitrogens with zero attached hydrogens (tertiary/aromatic N) is 1. The zero-order valence-electron chi connectivity index (χ0n) is 21.8. The molecule has 0 aromatic heterocycles. The molecule has 3 aliphatic rings. The molecule has 2 saturated heterocycles. The van der Waals surface area contributed by atoms with Gasteiger partial charge < -0.3 is 19.7 Å². The first-order valence-corrected chi connectivity index (χ1v) is 13.0. The molecule has 6 heteroatoms. The molecule has 3 aliphatic heterocycles. The second-order valence-electron chi connectivity index (χ2n) is 11.9. The lowest BCUT2D eigenvalue weighted by Gasteiger charge is -2.51. The maximum absolute atomic E-state index is 13.1. The molecule has 0 saturated carbocycles. The van der Waals surface area contributed by atoms with Crippen LogP contribution in [0.1, 0.15) is 97.3 Å². The van der Waals surface area contributed by atoms with Crippen molar-refractivity contribution in [2.75, 3.05) is 13.1 Å². The number of carbonyl (C=O) groups is 2. The smallest absolute Gasteiger partial charge is 0.222 e. The monoisotopic (exact) mass is 470 g/mol. The maximum atomic E-state index is 13.1. The Bertz CT molecular complexity index is 919. The van der Waals surface area contributed by atoms with Crippen molar-refractivity contribution in [1.82, 2.24) is 10.2 Å². The Kier molecular flexibility index (Phi) is 7.01. The summed E-state index contributed by atoms with van der Waals surface area (Å²) in [5.74, 6) is 1.37. The number of rotatable bonds is 6. The summed E-state index contributed by atoms with van der Waals surface area (Å²) in [4.78, 5) is 26.1. The van der Waals surface area contributed by atoms with Crippen molar-refractivity contribution < 1.29 is 19.1 Å². The average Bonchev–Trinajstić information content (AvgIpc) is 3.17. The van der Waals surface area contributed by atoms with E-state index in [1.165, 1.54) is 18.1 Å². The molecule has 1 aromatic rings. The fourth-order valence-corrected chi connectivity index (χ4v) is 5.85. The van der Waals surface area contributed by atoms with Crippen molar-refractivity contribution in [3.8, 4) is 5.75 Å². The van der Waals surface area contributed by atoms with Crippen molar-refractivity contribution in [3.05, 3.63) is 29.3 Å². The third-order valence-corrected chi connectivity index (χ3v) is 7.88. The van der Waals surface area contributed by atoms with Crippen molar-refractivity contribution in [2.45, 2.75) is 109 Å². The molecule has 6 nitrogen and oxygen atoms in total. The fraction of sp³-hybridized carbons (Fsp3) is 0.714. The van der Waals surface area contributed by atoms with Crippen LogP contribution in [0.2, 0.25) is 0 Å². The summed E-state index contributed by atoms with van der Waals surface area (Å²) >= 11 is 0. The van der Waals surface area contributed by atoms with E-state index in [1.807, 2.05) is 0 Å². The predicted molar refractivity (Wildman–Crippen MR) is 133 cm³/mol. The van der Waals surface area contributed by atoms with E-state index < -0.39 is 0 Å². The van der Waals surface area contributed by atoms with Crippen molar-refractivity contribution >= 4 is 11.8 Å². The molecule has 1 aromatic carbocycles. The van der Waals surface area contributed by atoms with Crippen LogP contribution < -0.4 is 10.1 Å². The molecule has 0 unspecified atom stereocenters. The Morgan fingerprint density at radius 3 is 2.65 bits per heavy atom. The minimum atomic E-state index is -0.354. The van der Waals surface area contributed by atoms with Crippen molar-refractivity contribution in [1.29, 1.82) is 0 Å². The van der Waals surface area contributed by atoms with Gasteiger partial charge in [-0.1, -0.05) is 33.3 Å². The lowest BCUT2D eigenvalue weighted by Crippen LogP contribution is -2.54. The van der Waals surface area contributed by atoms with Gasteiger partial charge in [-0.25, -0.2) is 0 Å². The highest BCUT2D eigenvalue weighted by Gasteiger charge is 2.53. The highest BCUT2D eigenvalue weighted by molar-refractivity contribution is 5.77. The summed E-state index contributed by atoms with van der Waals surface area (Å²) in [6.45, 7) is 14.0. The van der Waals surface area contributed by atoms with Gasteiger partial charge in [-0.2, -0.15) is 0 Å². The molecule has 0 aliphatic carbocycles. The second kappa shape index (κ2) is 9.52. The van der Waals surface area contributed by atoms with Gasteiger partial charge in [-0.15, -0.1) is 0 Å². The van der Waals surface area contributed by atoms with Gasteiger partial charge in [0.25, 0.3) is 0 Å². The van der Waals surface area contributed by atoms with Crippen LogP contribution in [-0.2, 0) is 19.7 Å². The van der Waals surface area contributed by atoms with E-state index in [0.717, 1.165) is 44.4 Å². The van der Waals surface area contributed by atoms with Gasteiger partial charge in [-0.3, -0.25) is 9.59 Å². The van der Waals surface area contributed by atoms with Gasteiger partial charge in [-0.05, 0) is 62.6 Å². The zero-order valence-corrected chi connectivity index (χ0v) is 21.8. The Morgan fingerprint density at radius 2 is 1.94 bits per heavy atom. The Labute approximate surface area is 204 Å². The molecule has 34 heavy (non-hydrogen) atoms. The summed E-state index contributed by atoms with van der Waals surface area (Å²) in [6.07, 6.45) is 5.19. The molecule has 1 N–H and O–H groups in total. The first kappa shape index (κ1) is 25.0. The first-order valence-electron chi connectivity index (χ1n) is 13.0. The zero-order chi connectivity index (χ0) is 24.7. The number of hydrogen-bond acceptors (Lipinski definition) is 4. The normalized spacial score (nSPS) is 27.3. The lowest BCUT2D eigenvalue weighted by molar-refractivity contribution is -0.167. The summed E-state index contributed by atoms with van der Waals surface area (Å²) < 4.78 is 13.3. The molecular weight excluding hydrogens is 428 g/mol. The maximum Gasteiger partial charge on any atom is 0.222 e. The number of nitrogens with one attached hydrogen (secondary N) is 1. The van der Waals surface area contributed by atoms with Gasteiger partial charge in [0.2, 0.25) is 11.8 Å². The topological polar surface area (TPSA) is 67.9 Å². The molecule has 0 spiro atoms. The van der Waals surface area contributed by atoms with E-state index in [-0.39, 0.29) is 47.0 Å². The van der Waals surface area contributed by atoms with Crippen molar-refractivity contribution in [2.24, 2.45) is 5.92 Å². The lowest BCUT2D eigenvalue weighted by atomic mass is 9.73. The summed E-state index contributed by atoms with van der Waals surface area (Å²) in [6, 6.07) is 6.69. The van der Waals surface area contributed by atoms with Crippen LogP contribution >= 0.6 is 0 Å². The molecule has 188 valence electrons. The van der Waals surface area contributed by atoms with Gasteiger partial charge in [0.1, 0.15) is 11.4 Å². The molecule has 4 rings (SSSR count). The van der Waals surface area contributed by atoms with Crippen LogP contribution in [0.4, 0.5) is 0 Å². The van der Waals surface area contributed by atoms with E-state index in [0.29, 0.717) is 13.0 Å². The van der Waals surface area contributed by atoms with E-state index in [2.05, 4.69) is 63.0 Å². The summed E-state index contributed by atoms with van der Waals surface area (Å²) in [5, 5.41) is 2.82. The first-order chi connectivity index (χ1) is 16.0. The van der Waals surface area contributed by atoms with Crippen LogP contribution in [-0.4, -0.2) is 47.6 Å². The SMILES string of the molecule is CC(=O)NCCCCCC(=O)N1CC[C@H]2O[C@H]3c4cc(C(C)(C)C)ccc4OC(C)(C)[C@@H]3C[C@@H]21. The summed E-state index contributed by atoms with van der Waals surface area (Å²) in [5.41, 5.74) is 2.17. The van der Waals surface area contributed by atoms with Crippen LogP contribution in [0.25, 0.3) is 0 Å². The number of fused-ring (bicyclic) bond motifs is 4. The van der Waals surface area contributed by atoms with Crippen LogP contribution in [0.5, 0.6) is 5.75 Å². The van der Waals surface area contributed by atoms with E-state index in [1.54, 1.807) is 0 Å². The molecule has 0 bridgehead atoms. The minimum absolute atomic E-state index is 0.00153. The average molecular weight is 471 g/mol. The van der Waals surface area contributed by atoms with Gasteiger partial charge in [0.05, 0.1) is 18.2 Å². The Balaban J connectivity index is 1.43. The van der Waals surface area contributed by atoms with Crippen LogP contribution in [0, 0.1) is 5.92 Å². The van der Waals surface area contributed by atoms with Gasteiger partial charge in [0.15, 0.2) is 0 Å². The number of carbonyl (C=O) groups excluding carboxylic acids is 2. The Hall–Kier alpha value is -2.08. The third kappa shape index (κ3) is 5.12. The number of likely N-dealkylation sites (tertiary alicyclic amines) is 1. The predicted octanol–water partition coefficient (Wildman–Crippen LogP) is 4.90. The molecule has 2 fully saturated rings. The number of unbranched alkanes of at least 4 members (excludes halogenated alkanes) is 2. The van der Waals surface area contributed by atoms with Gasteiger partial charge >= 0.3 is 0 Å². The third-order valence-electron chi connectivity index (χ3n) is 7.88. The Morgan fingerprint density at radius 1 is 1.18 bits per heavy atom. The summed E-state index contributed by atoms with van der Waals surface area (Å²) in [7, 11) is 0. The standard InChI is InChI=1S/C28H42N2O4/c1-18(31)29-14-9-7-8-10-25(32)30-15-13-24-22(30)17-21-26(33-24)20-16-19(27(2,3)4)11-12-23(20)34-28(21,5)6/h11-12,16,21-22,24,26H,7-10,13-15,17H2,1-6H3,(H,29,31)/t21-,22+,24-,26+/m1/s1. The highest BCUT2D eigenvalue weighted by Crippen LogP contribution is 2.53.